The van der Waals surface area contributed by atoms with Crippen molar-refractivity contribution in [3.8, 4) is 11.5 Å². The Labute approximate surface area is 184 Å². The second-order valence-corrected chi connectivity index (χ2v) is 7.74. The predicted molar refractivity (Wildman–Crippen MR) is 118 cm³/mol. The number of aryl methyl sites for hydroxylation is 1. The Hall–Kier alpha value is -4.13. The molecule has 0 saturated carbocycles. The van der Waals surface area contributed by atoms with Crippen molar-refractivity contribution in [2.75, 3.05) is 11.7 Å². The van der Waals surface area contributed by atoms with E-state index in [1.165, 1.54) is 4.90 Å². The number of aliphatic hydroxyl groups excluding tert-OH is 1. The smallest absolute Gasteiger partial charge is 0.300 e. The van der Waals surface area contributed by atoms with Crippen molar-refractivity contribution in [2.24, 2.45) is 0 Å². The molecule has 1 atom stereocenters. The van der Waals surface area contributed by atoms with Crippen LogP contribution in [-0.4, -0.2) is 28.6 Å². The quantitative estimate of drug-likeness (QED) is 0.385. The number of fused-ring (bicyclic) bond motifs is 1. The number of ether oxygens (including phenoxy) is 2. The Morgan fingerprint density at radius 1 is 1.06 bits per heavy atom. The van der Waals surface area contributed by atoms with E-state index in [9.17, 15) is 14.7 Å². The summed E-state index contributed by atoms with van der Waals surface area (Å²) in [6, 6.07) is 13.2. The van der Waals surface area contributed by atoms with Gasteiger partial charge in [-0.05, 0) is 60.9 Å². The molecule has 3 heterocycles. The topological polar surface area (TPSA) is 89.0 Å². The number of carbonyl (C=O) groups is 2. The Bertz CT molecular complexity index is 1280. The van der Waals surface area contributed by atoms with E-state index in [0.717, 1.165) is 11.1 Å². The lowest BCUT2D eigenvalue weighted by atomic mass is 9.95. The first kappa shape index (κ1) is 19.8. The molecular formula is C25H20N2O5. The zero-order chi connectivity index (χ0) is 22.4. The van der Waals surface area contributed by atoms with Gasteiger partial charge in [-0.15, -0.1) is 0 Å². The van der Waals surface area contributed by atoms with Crippen molar-refractivity contribution in [1.82, 2.24) is 4.98 Å². The fourth-order valence-electron chi connectivity index (χ4n) is 4.13. The van der Waals surface area contributed by atoms with E-state index in [4.69, 9.17) is 9.47 Å². The average molecular weight is 428 g/mol. The zero-order valence-electron chi connectivity index (χ0n) is 17.5. The largest absolute Gasteiger partial charge is 0.507 e. The summed E-state index contributed by atoms with van der Waals surface area (Å²) < 4.78 is 10.7. The first-order valence-corrected chi connectivity index (χ1v) is 10.1. The third kappa shape index (κ3) is 3.01. The summed E-state index contributed by atoms with van der Waals surface area (Å²) in [7, 11) is 0. The predicted octanol–water partition coefficient (Wildman–Crippen LogP) is 4.05. The molecule has 1 N–H and O–H groups in total. The standard InChI is InChI=1S/C25H20N2O5/c1-14-5-3-7-18(15(14)2)27-22(17-6-4-10-26-12-17)21(24(29)25(27)30)23(28)16-8-9-19-20(11-16)32-13-31-19/h3-12,22,28H,13H2,1-2H3/b23-21-. The van der Waals surface area contributed by atoms with Crippen LogP contribution >= 0.6 is 0 Å². The molecule has 160 valence electrons. The fourth-order valence-corrected chi connectivity index (χ4v) is 4.13. The molecule has 3 aromatic rings. The summed E-state index contributed by atoms with van der Waals surface area (Å²) in [5, 5.41) is 11.2. The number of pyridine rings is 1. The summed E-state index contributed by atoms with van der Waals surface area (Å²) in [6.45, 7) is 3.94. The maximum atomic E-state index is 13.3. The van der Waals surface area contributed by atoms with E-state index >= 15 is 0 Å². The van der Waals surface area contributed by atoms with Crippen molar-refractivity contribution < 1.29 is 24.2 Å². The lowest BCUT2D eigenvalue weighted by Crippen LogP contribution is -2.30. The lowest BCUT2D eigenvalue weighted by molar-refractivity contribution is -0.132. The molecule has 7 heteroatoms. The van der Waals surface area contributed by atoms with Gasteiger partial charge in [0.2, 0.25) is 6.79 Å². The minimum absolute atomic E-state index is 0.00257. The summed E-state index contributed by atoms with van der Waals surface area (Å²) in [5.74, 6) is -0.704. The van der Waals surface area contributed by atoms with Crippen LogP contribution in [0.5, 0.6) is 11.5 Å². The molecule has 1 aromatic heterocycles. The third-order valence-electron chi connectivity index (χ3n) is 5.93. The first-order chi connectivity index (χ1) is 15.5. The number of hydrogen-bond donors (Lipinski definition) is 1. The van der Waals surface area contributed by atoms with Crippen LogP contribution in [-0.2, 0) is 9.59 Å². The molecular weight excluding hydrogens is 408 g/mol. The van der Waals surface area contributed by atoms with Gasteiger partial charge in [-0.1, -0.05) is 18.2 Å². The highest BCUT2D eigenvalue weighted by atomic mass is 16.7. The summed E-state index contributed by atoms with van der Waals surface area (Å²) in [5.41, 5.74) is 3.47. The van der Waals surface area contributed by atoms with Gasteiger partial charge in [0.25, 0.3) is 11.7 Å². The van der Waals surface area contributed by atoms with Crippen molar-refractivity contribution in [1.29, 1.82) is 0 Å². The van der Waals surface area contributed by atoms with Gasteiger partial charge in [-0.2, -0.15) is 0 Å². The van der Waals surface area contributed by atoms with Crippen LogP contribution in [0.3, 0.4) is 0 Å². The number of anilines is 1. The number of ketones is 1. The van der Waals surface area contributed by atoms with Gasteiger partial charge in [-0.3, -0.25) is 19.5 Å². The van der Waals surface area contributed by atoms with E-state index in [0.29, 0.717) is 28.3 Å². The fraction of sp³-hybridized carbons (Fsp3) is 0.160. The number of rotatable bonds is 3. The van der Waals surface area contributed by atoms with Crippen molar-refractivity contribution >= 4 is 23.1 Å². The molecule has 32 heavy (non-hydrogen) atoms. The van der Waals surface area contributed by atoms with E-state index < -0.39 is 17.7 Å². The third-order valence-corrected chi connectivity index (χ3v) is 5.93. The van der Waals surface area contributed by atoms with Gasteiger partial charge in [-0.25, -0.2) is 0 Å². The minimum Gasteiger partial charge on any atom is -0.507 e. The van der Waals surface area contributed by atoms with Crippen LogP contribution < -0.4 is 14.4 Å². The molecule has 2 aliphatic heterocycles. The normalized spacial score (nSPS) is 18.9. The first-order valence-electron chi connectivity index (χ1n) is 10.1. The molecule has 5 rings (SSSR count). The van der Waals surface area contributed by atoms with Crippen LogP contribution in [0.1, 0.15) is 28.3 Å². The van der Waals surface area contributed by atoms with Crippen molar-refractivity contribution in [3.05, 3.63) is 88.8 Å². The highest BCUT2D eigenvalue weighted by Gasteiger charge is 2.47. The Balaban J connectivity index is 1.73. The molecule has 0 radical (unpaired) electrons. The van der Waals surface area contributed by atoms with Crippen LogP contribution in [0.25, 0.3) is 5.76 Å². The molecule has 1 fully saturated rings. The highest BCUT2D eigenvalue weighted by molar-refractivity contribution is 6.51. The zero-order valence-corrected chi connectivity index (χ0v) is 17.5. The van der Waals surface area contributed by atoms with Crippen molar-refractivity contribution in [3.63, 3.8) is 0 Å². The number of aromatic nitrogens is 1. The van der Waals surface area contributed by atoms with Gasteiger partial charge >= 0.3 is 0 Å². The van der Waals surface area contributed by atoms with E-state index in [2.05, 4.69) is 4.98 Å². The Morgan fingerprint density at radius 2 is 1.88 bits per heavy atom. The Morgan fingerprint density at radius 3 is 2.66 bits per heavy atom. The molecule has 0 aliphatic carbocycles. The van der Waals surface area contributed by atoms with Gasteiger partial charge in [0.15, 0.2) is 11.5 Å². The maximum absolute atomic E-state index is 13.3. The van der Waals surface area contributed by atoms with Crippen LogP contribution in [0, 0.1) is 13.8 Å². The van der Waals surface area contributed by atoms with E-state index in [-0.39, 0.29) is 18.1 Å². The number of benzene rings is 2. The van der Waals surface area contributed by atoms with Crippen LogP contribution in [0.4, 0.5) is 5.69 Å². The van der Waals surface area contributed by atoms with Crippen molar-refractivity contribution in [2.45, 2.75) is 19.9 Å². The molecule has 0 bridgehead atoms. The number of amides is 1. The monoisotopic (exact) mass is 428 g/mol. The maximum Gasteiger partial charge on any atom is 0.300 e. The number of hydrogen-bond acceptors (Lipinski definition) is 6. The van der Waals surface area contributed by atoms with E-state index in [1.807, 2.05) is 26.0 Å². The molecule has 2 aromatic carbocycles. The SMILES string of the molecule is Cc1cccc(N2C(=O)C(=O)/C(=C(\O)c3ccc4c(c3)OCO4)C2c2cccnc2)c1C. The number of nitrogens with zero attached hydrogens (tertiary/aromatic N) is 2. The van der Waals surface area contributed by atoms with Gasteiger partial charge < -0.3 is 14.6 Å². The highest BCUT2D eigenvalue weighted by Crippen LogP contribution is 2.44. The molecule has 1 amide bonds. The summed E-state index contributed by atoms with van der Waals surface area (Å²) in [6.07, 6.45) is 3.22. The minimum atomic E-state index is -0.824. The van der Waals surface area contributed by atoms with E-state index in [1.54, 1.807) is 48.8 Å². The molecule has 0 spiro atoms. The number of aliphatic hydroxyl groups is 1. The van der Waals surface area contributed by atoms with Gasteiger partial charge in [0, 0.05) is 23.6 Å². The second-order valence-electron chi connectivity index (χ2n) is 7.74. The lowest BCUT2D eigenvalue weighted by Gasteiger charge is -2.27. The van der Waals surface area contributed by atoms with Gasteiger partial charge in [0.05, 0.1) is 11.6 Å². The second kappa shape index (κ2) is 7.53. The summed E-state index contributed by atoms with van der Waals surface area (Å²) >= 11 is 0. The molecule has 7 nitrogen and oxygen atoms in total. The van der Waals surface area contributed by atoms with Gasteiger partial charge in [0.1, 0.15) is 5.76 Å². The number of carbonyl (C=O) groups excluding carboxylic acids is 2. The van der Waals surface area contributed by atoms with Crippen LogP contribution in [0.2, 0.25) is 0 Å². The molecule has 1 saturated heterocycles. The average Bonchev–Trinajstić information content (AvgIpc) is 3.38. The van der Waals surface area contributed by atoms with Crippen LogP contribution in [0.15, 0.2) is 66.5 Å². The molecule has 2 aliphatic rings. The Kier molecular flexibility index (Phi) is 4.66. The molecule has 1 unspecified atom stereocenters. The number of Topliss-reactive ketones (excluding diaryl/α,β-unsaturated/α-hetero) is 1. The summed E-state index contributed by atoms with van der Waals surface area (Å²) in [4.78, 5) is 32.1.